The van der Waals surface area contributed by atoms with E-state index in [0.717, 1.165) is 11.3 Å². The molecular formula is C20H15ClFN3O3S. The minimum atomic E-state index is -0.441. The predicted octanol–water partition coefficient (Wildman–Crippen LogP) is 4.36. The SMILES string of the molecule is COc1ccc(Cl)cc1NC(=O)Cn1c(C)nc2c(sc3cccc(F)c32)c1=O. The monoisotopic (exact) mass is 431 g/mol. The molecule has 4 rings (SSSR count). The predicted molar refractivity (Wildman–Crippen MR) is 113 cm³/mol. The number of carbonyl (C=O) groups is 1. The number of amides is 1. The number of thiophene rings is 1. The molecule has 2 aromatic heterocycles. The lowest BCUT2D eigenvalue weighted by atomic mass is 10.2. The number of benzene rings is 2. The lowest BCUT2D eigenvalue weighted by Gasteiger charge is -2.12. The molecule has 4 aromatic rings. The molecule has 9 heteroatoms. The van der Waals surface area contributed by atoms with Crippen molar-refractivity contribution in [3.63, 3.8) is 0 Å². The van der Waals surface area contributed by atoms with E-state index in [4.69, 9.17) is 16.3 Å². The highest BCUT2D eigenvalue weighted by Gasteiger charge is 2.18. The van der Waals surface area contributed by atoms with Crippen molar-refractivity contribution in [1.82, 2.24) is 9.55 Å². The molecule has 0 bridgehead atoms. The van der Waals surface area contributed by atoms with Crippen LogP contribution in [0.1, 0.15) is 5.82 Å². The van der Waals surface area contributed by atoms with Crippen molar-refractivity contribution in [3.05, 3.63) is 63.4 Å². The molecule has 0 radical (unpaired) electrons. The summed E-state index contributed by atoms with van der Waals surface area (Å²) >= 11 is 7.14. The summed E-state index contributed by atoms with van der Waals surface area (Å²) in [6, 6.07) is 9.50. The first kappa shape index (κ1) is 19.4. The number of anilines is 1. The first-order chi connectivity index (χ1) is 13.9. The van der Waals surface area contributed by atoms with Gasteiger partial charge in [0.05, 0.1) is 23.7 Å². The molecule has 0 aliphatic carbocycles. The number of ether oxygens (including phenoxy) is 1. The molecule has 1 amide bonds. The third kappa shape index (κ3) is 3.45. The van der Waals surface area contributed by atoms with Gasteiger partial charge in [-0.25, -0.2) is 9.37 Å². The first-order valence-electron chi connectivity index (χ1n) is 8.60. The number of aromatic nitrogens is 2. The van der Waals surface area contributed by atoms with E-state index in [1.165, 1.54) is 17.7 Å². The van der Waals surface area contributed by atoms with Crippen LogP contribution in [0.5, 0.6) is 5.75 Å². The molecule has 1 N–H and O–H groups in total. The molecule has 0 unspecified atom stereocenters. The molecule has 148 valence electrons. The van der Waals surface area contributed by atoms with Gasteiger partial charge in [-0.1, -0.05) is 17.7 Å². The van der Waals surface area contributed by atoms with Gasteiger partial charge in [0, 0.05) is 9.72 Å². The molecule has 29 heavy (non-hydrogen) atoms. The third-order valence-corrected chi connectivity index (χ3v) is 5.85. The number of carbonyl (C=O) groups excluding carboxylic acids is 1. The maximum Gasteiger partial charge on any atom is 0.272 e. The maximum atomic E-state index is 14.2. The Balaban J connectivity index is 1.72. The van der Waals surface area contributed by atoms with Gasteiger partial charge in [0.25, 0.3) is 5.56 Å². The average molecular weight is 432 g/mol. The molecule has 0 spiro atoms. The zero-order chi connectivity index (χ0) is 20.7. The van der Waals surface area contributed by atoms with Crippen LogP contribution in [0.4, 0.5) is 10.1 Å². The average Bonchev–Trinajstić information content (AvgIpc) is 3.05. The molecule has 0 fully saturated rings. The molecule has 0 saturated heterocycles. The van der Waals surface area contributed by atoms with E-state index < -0.39 is 11.7 Å². The van der Waals surface area contributed by atoms with Gasteiger partial charge < -0.3 is 10.1 Å². The fraction of sp³-hybridized carbons (Fsp3) is 0.150. The number of halogens is 2. The zero-order valence-electron chi connectivity index (χ0n) is 15.5. The summed E-state index contributed by atoms with van der Waals surface area (Å²) in [6.07, 6.45) is 0. The summed E-state index contributed by atoms with van der Waals surface area (Å²) in [4.78, 5) is 30.0. The van der Waals surface area contributed by atoms with Crippen molar-refractivity contribution >= 4 is 54.8 Å². The highest BCUT2D eigenvalue weighted by molar-refractivity contribution is 7.25. The number of rotatable bonds is 4. The van der Waals surface area contributed by atoms with Crippen molar-refractivity contribution < 1.29 is 13.9 Å². The third-order valence-electron chi connectivity index (χ3n) is 4.48. The van der Waals surface area contributed by atoms with Gasteiger partial charge in [0.15, 0.2) is 0 Å². The topological polar surface area (TPSA) is 73.2 Å². The quantitative estimate of drug-likeness (QED) is 0.521. The summed E-state index contributed by atoms with van der Waals surface area (Å²) in [5.41, 5.74) is 0.328. The van der Waals surface area contributed by atoms with Crippen molar-refractivity contribution in [2.45, 2.75) is 13.5 Å². The van der Waals surface area contributed by atoms with Crippen LogP contribution in [0.25, 0.3) is 20.3 Å². The van der Waals surface area contributed by atoms with E-state index >= 15 is 0 Å². The number of fused-ring (bicyclic) bond motifs is 3. The Morgan fingerprint density at radius 2 is 2.14 bits per heavy atom. The maximum absolute atomic E-state index is 14.2. The molecule has 0 aliphatic heterocycles. The second-order valence-corrected chi connectivity index (χ2v) is 7.82. The van der Waals surface area contributed by atoms with E-state index in [2.05, 4.69) is 10.3 Å². The highest BCUT2D eigenvalue weighted by atomic mass is 35.5. The number of methoxy groups -OCH3 is 1. The van der Waals surface area contributed by atoms with Gasteiger partial charge in [0.1, 0.15) is 28.6 Å². The molecular weight excluding hydrogens is 417 g/mol. The van der Waals surface area contributed by atoms with Gasteiger partial charge in [-0.05, 0) is 37.3 Å². The van der Waals surface area contributed by atoms with E-state index in [1.807, 2.05) is 0 Å². The summed E-state index contributed by atoms with van der Waals surface area (Å²) < 4.78 is 21.7. The van der Waals surface area contributed by atoms with E-state index in [0.29, 0.717) is 42.6 Å². The van der Waals surface area contributed by atoms with Crippen molar-refractivity contribution in [1.29, 1.82) is 0 Å². The molecule has 2 heterocycles. The number of hydrogen-bond donors (Lipinski definition) is 1. The minimum absolute atomic E-state index is 0.250. The van der Waals surface area contributed by atoms with Crippen molar-refractivity contribution in [2.75, 3.05) is 12.4 Å². The van der Waals surface area contributed by atoms with E-state index in [-0.39, 0.29) is 12.1 Å². The lowest BCUT2D eigenvalue weighted by Crippen LogP contribution is -2.29. The molecule has 6 nitrogen and oxygen atoms in total. The second kappa shape index (κ2) is 7.46. The zero-order valence-corrected chi connectivity index (χ0v) is 17.0. The lowest BCUT2D eigenvalue weighted by molar-refractivity contribution is -0.116. The summed E-state index contributed by atoms with van der Waals surface area (Å²) in [7, 11) is 1.48. The number of hydrogen-bond acceptors (Lipinski definition) is 5. The summed E-state index contributed by atoms with van der Waals surface area (Å²) in [5.74, 6) is -0.105. The van der Waals surface area contributed by atoms with Crippen LogP contribution in [-0.4, -0.2) is 22.6 Å². The van der Waals surface area contributed by atoms with Crippen LogP contribution in [0.2, 0.25) is 5.02 Å². The van der Waals surface area contributed by atoms with Crippen LogP contribution in [0, 0.1) is 12.7 Å². The number of nitrogens with zero attached hydrogens (tertiary/aromatic N) is 2. The van der Waals surface area contributed by atoms with Crippen LogP contribution in [-0.2, 0) is 11.3 Å². The van der Waals surface area contributed by atoms with Gasteiger partial charge >= 0.3 is 0 Å². The normalized spacial score (nSPS) is 11.2. The fourth-order valence-corrected chi connectivity index (χ4v) is 4.41. The standard InChI is InChI=1S/C20H15ClFN3O3S/c1-10-23-18-17-12(22)4-3-5-15(17)29-19(18)20(27)25(10)9-16(26)24-13-8-11(21)6-7-14(13)28-2/h3-8H,9H2,1-2H3,(H,24,26). The Hall–Kier alpha value is -2.97. The van der Waals surface area contributed by atoms with Gasteiger partial charge in [-0.15, -0.1) is 11.3 Å². The van der Waals surface area contributed by atoms with E-state index in [1.54, 1.807) is 37.3 Å². The van der Waals surface area contributed by atoms with Crippen LogP contribution < -0.4 is 15.6 Å². The first-order valence-corrected chi connectivity index (χ1v) is 9.80. The Labute approximate surface area is 173 Å². The Morgan fingerprint density at radius 3 is 2.90 bits per heavy atom. The summed E-state index contributed by atoms with van der Waals surface area (Å²) in [6.45, 7) is 1.36. The van der Waals surface area contributed by atoms with E-state index in [9.17, 15) is 14.0 Å². The Morgan fingerprint density at radius 1 is 1.34 bits per heavy atom. The molecule has 2 aromatic carbocycles. The Kier molecular flexibility index (Phi) is 4.97. The highest BCUT2D eigenvalue weighted by Crippen LogP contribution is 2.32. The smallest absolute Gasteiger partial charge is 0.272 e. The summed E-state index contributed by atoms with van der Waals surface area (Å²) in [5, 5.41) is 3.46. The van der Waals surface area contributed by atoms with Crippen molar-refractivity contribution in [3.8, 4) is 5.75 Å². The van der Waals surface area contributed by atoms with Gasteiger partial charge in [-0.3, -0.25) is 14.2 Å². The van der Waals surface area contributed by atoms with Crippen LogP contribution >= 0.6 is 22.9 Å². The van der Waals surface area contributed by atoms with Gasteiger partial charge in [0.2, 0.25) is 5.91 Å². The fourth-order valence-electron chi connectivity index (χ4n) is 3.13. The van der Waals surface area contributed by atoms with Crippen LogP contribution in [0.15, 0.2) is 41.2 Å². The van der Waals surface area contributed by atoms with Gasteiger partial charge in [-0.2, -0.15) is 0 Å². The van der Waals surface area contributed by atoms with Crippen LogP contribution in [0.3, 0.4) is 0 Å². The molecule has 0 atom stereocenters. The molecule has 0 aliphatic rings. The largest absolute Gasteiger partial charge is 0.495 e. The van der Waals surface area contributed by atoms with Crippen molar-refractivity contribution in [2.24, 2.45) is 0 Å². The number of aryl methyl sites for hydroxylation is 1. The Bertz CT molecular complexity index is 1330. The second-order valence-electron chi connectivity index (χ2n) is 6.34. The molecule has 0 saturated carbocycles. The minimum Gasteiger partial charge on any atom is -0.495 e. The number of nitrogens with one attached hydrogen (secondary N) is 1.